The third-order valence-corrected chi connectivity index (χ3v) is 7.91. The Morgan fingerprint density at radius 1 is 1.00 bits per heavy atom. The number of para-hydroxylation sites is 1. The highest BCUT2D eigenvalue weighted by Crippen LogP contribution is 2.25. The van der Waals surface area contributed by atoms with E-state index < -0.39 is 12.1 Å². The number of piperidine rings is 1. The van der Waals surface area contributed by atoms with Gasteiger partial charge in [-0.15, -0.1) is 0 Å². The number of benzene rings is 3. The van der Waals surface area contributed by atoms with Gasteiger partial charge in [0, 0.05) is 31.2 Å². The molecule has 4 N–H and O–H groups in total. The maximum Gasteiger partial charge on any atom is 0.407 e. The van der Waals surface area contributed by atoms with E-state index in [1.807, 2.05) is 66.7 Å². The second-order valence-corrected chi connectivity index (χ2v) is 10.9. The van der Waals surface area contributed by atoms with Gasteiger partial charge >= 0.3 is 6.09 Å². The third-order valence-electron chi connectivity index (χ3n) is 7.91. The topological polar surface area (TPSA) is 140 Å². The number of aromatic nitrogens is 3. The molecule has 1 aliphatic heterocycles. The van der Waals surface area contributed by atoms with Gasteiger partial charge in [-0.1, -0.05) is 60.7 Å². The van der Waals surface area contributed by atoms with Crippen LogP contribution in [0.3, 0.4) is 0 Å². The summed E-state index contributed by atoms with van der Waals surface area (Å²) in [7, 11) is 0. The van der Waals surface area contributed by atoms with Gasteiger partial charge in [-0.3, -0.25) is 14.6 Å². The van der Waals surface area contributed by atoms with E-state index in [0.717, 1.165) is 29.2 Å². The van der Waals surface area contributed by atoms with Crippen molar-refractivity contribution in [3.8, 4) is 11.5 Å². The van der Waals surface area contributed by atoms with Crippen LogP contribution in [0.5, 0.6) is 0 Å². The van der Waals surface area contributed by atoms with E-state index in [4.69, 9.17) is 4.98 Å². The number of carboxylic acid groups (broad SMARTS) is 1. The molecule has 1 fully saturated rings. The average molecular weight is 577 g/mol. The zero-order chi connectivity index (χ0) is 29.8. The molecule has 1 aliphatic rings. The molecule has 43 heavy (non-hydrogen) atoms. The van der Waals surface area contributed by atoms with E-state index in [9.17, 15) is 19.5 Å². The fourth-order valence-corrected chi connectivity index (χ4v) is 5.64. The molecule has 1 saturated heterocycles. The Balaban J connectivity index is 1.19. The maximum atomic E-state index is 13.7. The number of nitrogens with one attached hydrogen (secondary N) is 3. The number of fused-ring (bicyclic) bond motifs is 2. The predicted octanol–water partition coefficient (Wildman–Crippen LogP) is 5.15. The maximum absolute atomic E-state index is 13.7. The number of likely N-dealkylation sites (tertiary alicyclic amines) is 1. The van der Waals surface area contributed by atoms with Crippen LogP contribution in [0, 0.1) is 5.92 Å². The Bertz CT molecular complexity index is 1790. The van der Waals surface area contributed by atoms with Crippen LogP contribution in [-0.4, -0.2) is 62.5 Å². The summed E-state index contributed by atoms with van der Waals surface area (Å²) in [6, 6.07) is 24.1. The minimum Gasteiger partial charge on any atom is -0.465 e. The first-order valence-corrected chi connectivity index (χ1v) is 14.4. The highest BCUT2D eigenvalue weighted by Gasteiger charge is 2.25. The lowest BCUT2D eigenvalue weighted by Crippen LogP contribution is -2.43. The Labute approximate surface area is 248 Å². The number of aromatic amines is 1. The van der Waals surface area contributed by atoms with E-state index in [1.165, 1.54) is 4.90 Å². The summed E-state index contributed by atoms with van der Waals surface area (Å²) < 4.78 is 0. The third kappa shape index (κ3) is 6.33. The van der Waals surface area contributed by atoms with Gasteiger partial charge in [0.05, 0.1) is 23.5 Å². The highest BCUT2D eigenvalue weighted by molar-refractivity contribution is 6.05. The number of carbonyl (C=O) groups excluding carboxylic acids is 2. The average Bonchev–Trinajstić information content (AvgIpc) is 3.48. The lowest BCUT2D eigenvalue weighted by molar-refractivity contribution is -0.121. The fraction of sp³-hybridized carbons (Fsp3) is 0.242. The Morgan fingerprint density at radius 3 is 2.60 bits per heavy atom. The van der Waals surface area contributed by atoms with Gasteiger partial charge in [-0.25, -0.2) is 9.78 Å². The summed E-state index contributed by atoms with van der Waals surface area (Å²) >= 11 is 0. The summed E-state index contributed by atoms with van der Waals surface area (Å²) in [5.74, 6) is 0.0525. The second kappa shape index (κ2) is 12.3. The van der Waals surface area contributed by atoms with Crippen molar-refractivity contribution in [2.24, 2.45) is 5.92 Å². The van der Waals surface area contributed by atoms with E-state index in [0.29, 0.717) is 47.7 Å². The molecule has 5 aromatic rings. The molecular formula is C33H32N6O4. The summed E-state index contributed by atoms with van der Waals surface area (Å²) in [6.45, 7) is 1.31. The van der Waals surface area contributed by atoms with Crippen molar-refractivity contribution in [3.63, 3.8) is 0 Å². The van der Waals surface area contributed by atoms with E-state index in [1.54, 1.807) is 18.3 Å². The number of rotatable bonds is 8. The quantitative estimate of drug-likeness (QED) is 0.202. The van der Waals surface area contributed by atoms with Crippen molar-refractivity contribution in [2.45, 2.75) is 25.3 Å². The van der Waals surface area contributed by atoms with Crippen LogP contribution in [0.4, 0.5) is 4.79 Å². The van der Waals surface area contributed by atoms with Crippen molar-refractivity contribution < 1.29 is 19.5 Å². The van der Waals surface area contributed by atoms with Gasteiger partial charge in [0.25, 0.3) is 5.91 Å². The lowest BCUT2D eigenvalue weighted by Gasteiger charge is -2.30. The van der Waals surface area contributed by atoms with Crippen molar-refractivity contribution in [2.75, 3.05) is 19.6 Å². The molecule has 0 aliphatic carbocycles. The largest absolute Gasteiger partial charge is 0.465 e. The van der Waals surface area contributed by atoms with Crippen LogP contribution in [-0.2, 0) is 4.79 Å². The summed E-state index contributed by atoms with van der Waals surface area (Å²) in [5.41, 5.74) is 3.08. The molecule has 10 heteroatoms. The van der Waals surface area contributed by atoms with Crippen LogP contribution in [0.25, 0.3) is 33.3 Å². The number of amides is 3. The monoisotopic (exact) mass is 576 g/mol. The van der Waals surface area contributed by atoms with Crippen molar-refractivity contribution in [1.29, 1.82) is 0 Å². The zero-order valence-corrected chi connectivity index (χ0v) is 23.5. The molecule has 3 heterocycles. The molecule has 0 spiro atoms. The number of hydrogen-bond donors (Lipinski definition) is 4. The first-order chi connectivity index (χ1) is 20.9. The highest BCUT2D eigenvalue weighted by atomic mass is 16.4. The SMILES string of the molecule is O=C(CC(NC(=O)c1cccc2[nH]c(-c3cc4ccccc4cn3)nc12)c1ccccc1)NCC1CCCN(C(=O)O)C1. The molecule has 0 bridgehead atoms. The standard InChI is InChI=1S/C33H32N6O4/c40-29(35-18-21-8-7-15-39(20-21)33(42)43)17-27(22-9-2-1-3-10-22)37-32(41)25-13-6-14-26-30(25)38-31(36-26)28-16-23-11-4-5-12-24(23)19-34-28/h1-6,9-14,16,19,21,27H,7-8,15,17-18,20H2,(H,35,40)(H,36,38)(H,37,41)(H,42,43). The number of hydrogen-bond acceptors (Lipinski definition) is 5. The van der Waals surface area contributed by atoms with Crippen LogP contribution in [0.15, 0.2) is 85.1 Å². The molecule has 3 amide bonds. The first-order valence-electron chi connectivity index (χ1n) is 14.4. The molecule has 2 unspecified atom stereocenters. The molecular weight excluding hydrogens is 544 g/mol. The second-order valence-electron chi connectivity index (χ2n) is 10.9. The van der Waals surface area contributed by atoms with E-state index >= 15 is 0 Å². The first kappa shape index (κ1) is 27.9. The van der Waals surface area contributed by atoms with Gasteiger partial charge < -0.3 is 25.6 Å². The van der Waals surface area contributed by atoms with Crippen LogP contribution in [0.2, 0.25) is 0 Å². The van der Waals surface area contributed by atoms with Gasteiger partial charge in [-0.05, 0) is 47.9 Å². The number of imidazole rings is 1. The number of pyridine rings is 1. The Kier molecular flexibility index (Phi) is 7.99. The van der Waals surface area contributed by atoms with Crippen molar-refractivity contribution >= 4 is 39.7 Å². The fourth-order valence-electron chi connectivity index (χ4n) is 5.64. The smallest absolute Gasteiger partial charge is 0.407 e. The van der Waals surface area contributed by atoms with Crippen LogP contribution in [0.1, 0.15) is 41.2 Å². The zero-order valence-electron chi connectivity index (χ0n) is 23.5. The Morgan fingerprint density at radius 2 is 1.79 bits per heavy atom. The summed E-state index contributed by atoms with van der Waals surface area (Å²) in [6.07, 6.45) is 2.53. The lowest BCUT2D eigenvalue weighted by atomic mass is 9.98. The molecule has 10 nitrogen and oxygen atoms in total. The van der Waals surface area contributed by atoms with Gasteiger partial charge in [0.1, 0.15) is 11.2 Å². The van der Waals surface area contributed by atoms with Crippen molar-refractivity contribution in [1.82, 2.24) is 30.5 Å². The van der Waals surface area contributed by atoms with E-state index in [2.05, 4.69) is 20.6 Å². The molecule has 0 radical (unpaired) electrons. The number of carbonyl (C=O) groups is 3. The molecule has 6 rings (SSSR count). The normalized spacial score (nSPS) is 15.7. The molecule has 2 aromatic heterocycles. The Hall–Kier alpha value is -5.25. The van der Waals surface area contributed by atoms with Crippen molar-refractivity contribution in [3.05, 3.63) is 96.2 Å². The van der Waals surface area contributed by atoms with Gasteiger partial charge in [0.2, 0.25) is 5.91 Å². The van der Waals surface area contributed by atoms with Gasteiger partial charge in [0.15, 0.2) is 5.82 Å². The molecule has 218 valence electrons. The van der Waals surface area contributed by atoms with Gasteiger partial charge in [-0.2, -0.15) is 0 Å². The predicted molar refractivity (Wildman–Crippen MR) is 163 cm³/mol. The number of H-pyrrole nitrogens is 1. The molecule has 3 aromatic carbocycles. The minimum atomic E-state index is -0.935. The minimum absolute atomic E-state index is 0.0356. The molecule has 0 saturated carbocycles. The van der Waals surface area contributed by atoms with Crippen LogP contribution < -0.4 is 10.6 Å². The van der Waals surface area contributed by atoms with E-state index in [-0.39, 0.29) is 24.2 Å². The summed E-state index contributed by atoms with van der Waals surface area (Å²) in [5, 5.41) is 17.4. The van der Waals surface area contributed by atoms with Crippen LogP contribution >= 0.6 is 0 Å². The molecule has 2 atom stereocenters. The summed E-state index contributed by atoms with van der Waals surface area (Å²) in [4.78, 5) is 52.1. The number of nitrogens with zero attached hydrogens (tertiary/aromatic N) is 3.